The fraction of sp³-hybridized carbons (Fsp3) is 0.143. The first kappa shape index (κ1) is 4.68. The molecule has 0 saturated carbocycles. The topological polar surface area (TPSA) is 35.2 Å². The fourth-order valence-electron chi connectivity index (χ4n) is 0.955. The van der Waals surface area contributed by atoms with E-state index in [2.05, 4.69) is 0 Å². The Hall–Kier alpha value is -1.18. The van der Waals surface area contributed by atoms with Gasteiger partial charge < -0.3 is 10.5 Å². The number of nitrogens with two attached hydrogens (primary N) is 1. The lowest BCUT2D eigenvalue weighted by Crippen LogP contribution is -2.05. The molecule has 0 radical (unpaired) electrons. The monoisotopic (exact) mass is 121 g/mol. The number of benzene rings is 1. The van der Waals surface area contributed by atoms with Gasteiger partial charge in [0.05, 0.1) is 0 Å². The Bertz CT molecular complexity index is 245. The normalized spacial score (nSPS) is 13.3. The average molecular weight is 121 g/mol. The first-order chi connectivity index (χ1) is 4.36. The zero-order valence-corrected chi connectivity index (χ0v) is 4.92. The molecule has 0 unspecified atom stereocenters. The highest BCUT2D eigenvalue weighted by molar-refractivity contribution is 5.53. The molecule has 2 nitrogen and oxygen atoms in total. The molecule has 1 aromatic carbocycles. The molecule has 2 bridgehead atoms. The van der Waals surface area contributed by atoms with Gasteiger partial charge in [-0.2, -0.15) is 0 Å². The SMILES string of the molecule is Nc1cc2ccc1CO2. The first-order valence-corrected chi connectivity index (χ1v) is 2.87. The Kier molecular flexibility index (Phi) is 0.730. The largest absolute Gasteiger partial charge is 0.489 e. The molecule has 2 heteroatoms. The maximum absolute atomic E-state index is 5.59. The van der Waals surface area contributed by atoms with E-state index in [1.165, 1.54) is 0 Å². The van der Waals surface area contributed by atoms with E-state index in [1.54, 1.807) is 0 Å². The van der Waals surface area contributed by atoms with Gasteiger partial charge in [0.15, 0.2) is 0 Å². The van der Waals surface area contributed by atoms with Crippen LogP contribution in [0.15, 0.2) is 18.2 Å². The van der Waals surface area contributed by atoms with Crippen LogP contribution in [0.2, 0.25) is 0 Å². The quantitative estimate of drug-likeness (QED) is 0.523. The molecule has 2 aliphatic heterocycles. The molecule has 0 aliphatic carbocycles. The van der Waals surface area contributed by atoms with Crippen LogP contribution in [-0.4, -0.2) is 0 Å². The van der Waals surface area contributed by atoms with Crippen molar-refractivity contribution < 1.29 is 4.74 Å². The summed E-state index contributed by atoms with van der Waals surface area (Å²) in [4.78, 5) is 0. The maximum atomic E-state index is 5.59. The highest BCUT2D eigenvalue weighted by atomic mass is 16.5. The maximum Gasteiger partial charge on any atom is 0.121 e. The van der Waals surface area contributed by atoms with Gasteiger partial charge >= 0.3 is 0 Å². The molecule has 3 rings (SSSR count). The summed E-state index contributed by atoms with van der Waals surface area (Å²) in [7, 11) is 0. The molecular formula is C7H7NO. The summed E-state index contributed by atoms with van der Waals surface area (Å²) >= 11 is 0. The van der Waals surface area contributed by atoms with Gasteiger partial charge in [0, 0.05) is 17.3 Å². The second-order valence-electron chi connectivity index (χ2n) is 2.15. The second-order valence-corrected chi connectivity index (χ2v) is 2.15. The molecular weight excluding hydrogens is 114 g/mol. The van der Waals surface area contributed by atoms with Crippen molar-refractivity contribution in [3.63, 3.8) is 0 Å². The van der Waals surface area contributed by atoms with E-state index in [1.807, 2.05) is 18.2 Å². The van der Waals surface area contributed by atoms with Gasteiger partial charge in [0.2, 0.25) is 0 Å². The second kappa shape index (κ2) is 1.41. The molecule has 0 atom stereocenters. The molecule has 2 aliphatic rings. The predicted molar refractivity (Wildman–Crippen MR) is 35.2 cm³/mol. The van der Waals surface area contributed by atoms with Crippen molar-refractivity contribution >= 4 is 5.69 Å². The van der Waals surface area contributed by atoms with Crippen LogP contribution in [0.1, 0.15) is 5.56 Å². The third kappa shape index (κ3) is 0.560. The van der Waals surface area contributed by atoms with E-state index in [0.717, 1.165) is 17.0 Å². The van der Waals surface area contributed by atoms with Gasteiger partial charge in [0.25, 0.3) is 0 Å². The third-order valence-corrected chi connectivity index (χ3v) is 1.51. The summed E-state index contributed by atoms with van der Waals surface area (Å²) in [6, 6.07) is 5.77. The van der Waals surface area contributed by atoms with E-state index in [9.17, 15) is 0 Å². The first-order valence-electron chi connectivity index (χ1n) is 2.87. The van der Waals surface area contributed by atoms with E-state index >= 15 is 0 Å². The van der Waals surface area contributed by atoms with Crippen molar-refractivity contribution in [3.05, 3.63) is 23.8 Å². The smallest absolute Gasteiger partial charge is 0.121 e. The lowest BCUT2D eigenvalue weighted by Gasteiger charge is -2.15. The molecule has 0 aromatic heterocycles. The van der Waals surface area contributed by atoms with Crippen LogP contribution in [0.4, 0.5) is 5.69 Å². The molecule has 2 heterocycles. The number of rotatable bonds is 0. The molecule has 2 N–H and O–H groups in total. The molecule has 0 saturated heterocycles. The third-order valence-electron chi connectivity index (χ3n) is 1.51. The number of hydrogen-bond donors (Lipinski definition) is 1. The van der Waals surface area contributed by atoms with Crippen LogP contribution in [-0.2, 0) is 6.61 Å². The highest BCUT2D eigenvalue weighted by Crippen LogP contribution is 2.26. The van der Waals surface area contributed by atoms with Crippen molar-refractivity contribution in [2.24, 2.45) is 0 Å². The minimum Gasteiger partial charge on any atom is -0.489 e. The van der Waals surface area contributed by atoms with Crippen LogP contribution in [0.5, 0.6) is 5.75 Å². The van der Waals surface area contributed by atoms with Gasteiger partial charge in [-0.25, -0.2) is 0 Å². The Labute approximate surface area is 53.2 Å². The zero-order valence-electron chi connectivity index (χ0n) is 4.92. The Morgan fingerprint density at radius 3 is 2.56 bits per heavy atom. The summed E-state index contributed by atoms with van der Waals surface area (Å²) in [5, 5.41) is 0. The van der Waals surface area contributed by atoms with Gasteiger partial charge in [-0.3, -0.25) is 0 Å². The predicted octanol–water partition coefficient (Wildman–Crippen LogP) is 1.16. The zero-order chi connectivity index (χ0) is 6.27. The van der Waals surface area contributed by atoms with Gasteiger partial charge in [-0.15, -0.1) is 0 Å². The van der Waals surface area contributed by atoms with E-state index in [0.29, 0.717) is 6.61 Å². The van der Waals surface area contributed by atoms with Crippen molar-refractivity contribution in [1.82, 2.24) is 0 Å². The van der Waals surface area contributed by atoms with Crippen LogP contribution in [0.25, 0.3) is 0 Å². The molecule has 9 heavy (non-hydrogen) atoms. The summed E-state index contributed by atoms with van der Waals surface area (Å²) < 4.78 is 5.18. The van der Waals surface area contributed by atoms with Crippen LogP contribution in [0, 0.1) is 0 Å². The van der Waals surface area contributed by atoms with Crippen LogP contribution < -0.4 is 10.5 Å². The van der Waals surface area contributed by atoms with Crippen molar-refractivity contribution in [3.8, 4) is 5.75 Å². The standard InChI is InChI=1S/C7H7NO/c8-7-3-6-2-1-5(7)4-9-6/h1-3H,4,8H2. The van der Waals surface area contributed by atoms with E-state index in [4.69, 9.17) is 10.5 Å². The average Bonchev–Trinajstić information content (AvgIpc) is 1.90. The summed E-state index contributed by atoms with van der Waals surface area (Å²) in [6.07, 6.45) is 0. The number of hydrogen-bond acceptors (Lipinski definition) is 2. The number of ether oxygens (including phenoxy) is 1. The van der Waals surface area contributed by atoms with Gasteiger partial charge in [-0.1, -0.05) is 0 Å². The van der Waals surface area contributed by atoms with Crippen molar-refractivity contribution in [2.45, 2.75) is 6.61 Å². The summed E-state index contributed by atoms with van der Waals surface area (Å²) in [5.41, 5.74) is 7.53. The molecule has 1 aromatic rings. The molecule has 0 spiro atoms. The summed E-state index contributed by atoms with van der Waals surface area (Å²) in [5.74, 6) is 0.877. The fourth-order valence-corrected chi connectivity index (χ4v) is 0.955. The Balaban J connectivity index is 2.70. The summed E-state index contributed by atoms with van der Waals surface area (Å²) in [6.45, 7) is 0.647. The van der Waals surface area contributed by atoms with E-state index < -0.39 is 0 Å². The van der Waals surface area contributed by atoms with Crippen LogP contribution in [0.3, 0.4) is 0 Å². The molecule has 0 amide bonds. The lowest BCUT2D eigenvalue weighted by molar-refractivity contribution is 0.297. The van der Waals surface area contributed by atoms with E-state index in [-0.39, 0.29) is 0 Å². The lowest BCUT2D eigenvalue weighted by atomic mass is 10.1. The Morgan fingerprint density at radius 1 is 1.44 bits per heavy atom. The minimum absolute atomic E-state index is 0.647. The molecule has 0 fully saturated rings. The number of anilines is 1. The highest BCUT2D eigenvalue weighted by Gasteiger charge is 2.07. The molecule has 46 valence electrons. The minimum atomic E-state index is 0.647. The Morgan fingerprint density at radius 2 is 2.33 bits per heavy atom. The van der Waals surface area contributed by atoms with Crippen molar-refractivity contribution in [2.75, 3.05) is 5.73 Å². The van der Waals surface area contributed by atoms with Gasteiger partial charge in [0.1, 0.15) is 12.4 Å². The number of fused-ring (bicyclic) bond motifs is 3. The number of nitrogen functional groups attached to an aromatic ring is 1. The van der Waals surface area contributed by atoms with Gasteiger partial charge in [-0.05, 0) is 12.1 Å². The van der Waals surface area contributed by atoms with Crippen LogP contribution >= 0.6 is 0 Å². The van der Waals surface area contributed by atoms with Crippen molar-refractivity contribution in [1.29, 1.82) is 0 Å².